The van der Waals surface area contributed by atoms with Gasteiger partial charge in [-0.15, -0.1) is 0 Å². The number of ether oxygens (including phenoxy) is 1. The van der Waals surface area contributed by atoms with E-state index >= 15 is 0 Å². The summed E-state index contributed by atoms with van der Waals surface area (Å²) in [5, 5.41) is 2.89. The van der Waals surface area contributed by atoms with Crippen molar-refractivity contribution in [2.45, 2.75) is 38.3 Å². The predicted molar refractivity (Wildman–Crippen MR) is 123 cm³/mol. The van der Waals surface area contributed by atoms with Gasteiger partial charge >= 0.3 is 6.18 Å². The first-order chi connectivity index (χ1) is 15.9. The molecule has 2 heterocycles. The molecule has 5 nitrogen and oxygen atoms in total. The fourth-order valence-electron chi connectivity index (χ4n) is 4.49. The van der Waals surface area contributed by atoms with E-state index in [0.29, 0.717) is 26.1 Å². The van der Waals surface area contributed by atoms with Crippen LogP contribution >= 0.6 is 0 Å². The first-order valence-corrected chi connectivity index (χ1v) is 11.6. The summed E-state index contributed by atoms with van der Waals surface area (Å²) in [4.78, 5) is 15.7. The summed E-state index contributed by atoms with van der Waals surface area (Å²) in [7, 11) is 0. The molecule has 33 heavy (non-hydrogen) atoms. The molecule has 1 N–H and O–H groups in total. The summed E-state index contributed by atoms with van der Waals surface area (Å²) >= 11 is 0. The van der Waals surface area contributed by atoms with E-state index in [9.17, 15) is 18.0 Å². The lowest BCUT2D eigenvalue weighted by molar-refractivity contribution is -0.137. The van der Waals surface area contributed by atoms with Gasteiger partial charge in [-0.3, -0.25) is 4.79 Å². The molecule has 0 bridgehead atoms. The molecule has 0 atom stereocenters. The topological polar surface area (TPSA) is 44.8 Å². The van der Waals surface area contributed by atoms with Crippen molar-refractivity contribution in [3.05, 3.63) is 53.6 Å². The lowest BCUT2D eigenvalue weighted by Crippen LogP contribution is -2.32. The number of unbranched alkanes of at least 4 members (excludes halogenated alkanes) is 1. The van der Waals surface area contributed by atoms with E-state index in [1.807, 2.05) is 23.1 Å². The zero-order valence-corrected chi connectivity index (χ0v) is 18.7. The van der Waals surface area contributed by atoms with Crippen molar-refractivity contribution >= 4 is 17.3 Å². The summed E-state index contributed by atoms with van der Waals surface area (Å²) in [6.45, 7) is 4.34. The second-order valence-electron chi connectivity index (χ2n) is 8.62. The molecule has 0 radical (unpaired) electrons. The van der Waals surface area contributed by atoms with Crippen molar-refractivity contribution in [2.75, 3.05) is 49.5 Å². The van der Waals surface area contributed by atoms with Gasteiger partial charge in [-0.05, 0) is 62.5 Å². The standard InChI is InChI=1S/C25H30F3N3O2/c26-25(27,28)21-6-1-2-7-23(21)31-14-5-13-30(15-16-31)12-3-4-17-33-20-10-8-19-9-11-24(32)29-22(19)18-20/h1-2,6-8,10,18H,3-5,9,11-17H2,(H,29,32). The zero-order chi connectivity index (χ0) is 23.3. The van der Waals surface area contributed by atoms with Gasteiger partial charge in [-0.2, -0.15) is 13.2 Å². The van der Waals surface area contributed by atoms with Crippen LogP contribution in [0.4, 0.5) is 24.5 Å². The van der Waals surface area contributed by atoms with Crippen LogP contribution in [0.3, 0.4) is 0 Å². The first-order valence-electron chi connectivity index (χ1n) is 11.6. The van der Waals surface area contributed by atoms with E-state index < -0.39 is 11.7 Å². The Kier molecular flexibility index (Phi) is 7.42. The molecular formula is C25H30F3N3O2. The van der Waals surface area contributed by atoms with E-state index in [1.165, 1.54) is 6.07 Å². The number of nitrogens with one attached hydrogen (secondary N) is 1. The van der Waals surface area contributed by atoms with E-state index in [2.05, 4.69) is 10.2 Å². The van der Waals surface area contributed by atoms with Crippen LogP contribution in [0.2, 0.25) is 0 Å². The van der Waals surface area contributed by atoms with E-state index in [1.54, 1.807) is 12.1 Å². The molecule has 178 valence electrons. The van der Waals surface area contributed by atoms with Gasteiger partial charge in [-0.1, -0.05) is 18.2 Å². The Balaban J connectivity index is 1.20. The Morgan fingerprint density at radius 3 is 2.67 bits per heavy atom. The van der Waals surface area contributed by atoms with Gasteiger partial charge in [0.05, 0.1) is 12.2 Å². The Bertz CT molecular complexity index is 964. The molecule has 2 aliphatic heterocycles. The van der Waals surface area contributed by atoms with Gasteiger partial charge in [0.1, 0.15) is 5.75 Å². The number of anilines is 2. The molecule has 1 saturated heterocycles. The van der Waals surface area contributed by atoms with Crippen LogP contribution in [0.1, 0.15) is 36.8 Å². The molecule has 1 amide bonds. The maximum atomic E-state index is 13.4. The highest BCUT2D eigenvalue weighted by Gasteiger charge is 2.34. The second kappa shape index (κ2) is 10.5. The van der Waals surface area contributed by atoms with Crippen LogP contribution in [0, 0.1) is 0 Å². The highest BCUT2D eigenvalue weighted by atomic mass is 19.4. The maximum Gasteiger partial charge on any atom is 0.418 e. The number of rotatable bonds is 7. The van der Waals surface area contributed by atoms with Crippen molar-refractivity contribution < 1.29 is 22.7 Å². The normalized spacial score (nSPS) is 17.3. The van der Waals surface area contributed by atoms with Crippen LogP contribution in [0.5, 0.6) is 5.75 Å². The molecule has 8 heteroatoms. The van der Waals surface area contributed by atoms with Gasteiger partial charge in [0.25, 0.3) is 0 Å². The van der Waals surface area contributed by atoms with Crippen molar-refractivity contribution in [1.82, 2.24) is 4.90 Å². The Morgan fingerprint density at radius 2 is 1.82 bits per heavy atom. The number of carbonyl (C=O) groups excluding carboxylic acids is 1. The molecule has 4 rings (SSSR count). The van der Waals surface area contributed by atoms with Gasteiger partial charge in [-0.25, -0.2) is 0 Å². The summed E-state index contributed by atoms with van der Waals surface area (Å²) in [5.41, 5.74) is 1.69. The maximum absolute atomic E-state index is 13.4. The average molecular weight is 462 g/mol. The summed E-state index contributed by atoms with van der Waals surface area (Å²) < 4.78 is 46.0. The minimum Gasteiger partial charge on any atom is -0.494 e. The number of carbonyl (C=O) groups is 1. The third kappa shape index (κ3) is 6.19. The molecule has 2 aromatic carbocycles. The van der Waals surface area contributed by atoms with Crippen molar-refractivity contribution in [3.8, 4) is 5.75 Å². The third-order valence-corrected chi connectivity index (χ3v) is 6.25. The molecule has 0 unspecified atom stereocenters. The van der Waals surface area contributed by atoms with Crippen LogP contribution in [0.15, 0.2) is 42.5 Å². The Labute approximate surface area is 192 Å². The van der Waals surface area contributed by atoms with Crippen LogP contribution in [-0.2, 0) is 17.4 Å². The molecular weight excluding hydrogens is 431 g/mol. The SMILES string of the molecule is O=C1CCc2ccc(OCCCCN3CCCN(c4ccccc4C(F)(F)F)CC3)cc2N1. The number of nitrogens with zero attached hydrogens (tertiary/aromatic N) is 2. The highest BCUT2D eigenvalue weighted by molar-refractivity contribution is 5.94. The monoisotopic (exact) mass is 461 g/mol. The van der Waals surface area contributed by atoms with Gasteiger partial charge in [0, 0.05) is 43.5 Å². The Morgan fingerprint density at radius 1 is 0.970 bits per heavy atom. The number of amides is 1. The van der Waals surface area contributed by atoms with Gasteiger partial charge in [0.15, 0.2) is 0 Å². The number of alkyl halides is 3. The third-order valence-electron chi connectivity index (χ3n) is 6.25. The van der Waals surface area contributed by atoms with Crippen LogP contribution in [-0.4, -0.2) is 50.1 Å². The molecule has 0 saturated carbocycles. The molecule has 0 aromatic heterocycles. The quantitative estimate of drug-likeness (QED) is 0.592. The second-order valence-corrected chi connectivity index (χ2v) is 8.62. The number of benzene rings is 2. The number of fused-ring (bicyclic) bond motifs is 1. The minimum atomic E-state index is -4.34. The summed E-state index contributed by atoms with van der Waals surface area (Å²) in [5.74, 6) is 0.794. The van der Waals surface area contributed by atoms with E-state index in [0.717, 1.165) is 68.4 Å². The van der Waals surface area contributed by atoms with Crippen LogP contribution < -0.4 is 15.0 Å². The summed E-state index contributed by atoms with van der Waals surface area (Å²) in [6, 6.07) is 11.7. The van der Waals surface area contributed by atoms with E-state index in [4.69, 9.17) is 4.74 Å². The molecule has 2 aliphatic rings. The lowest BCUT2D eigenvalue weighted by Gasteiger charge is -2.26. The van der Waals surface area contributed by atoms with Gasteiger partial charge < -0.3 is 19.9 Å². The van der Waals surface area contributed by atoms with Crippen LogP contribution in [0.25, 0.3) is 0 Å². The lowest BCUT2D eigenvalue weighted by atomic mass is 10.0. The average Bonchev–Trinajstić information content (AvgIpc) is 3.04. The largest absolute Gasteiger partial charge is 0.494 e. The Hall–Kier alpha value is -2.74. The molecule has 1 fully saturated rings. The zero-order valence-electron chi connectivity index (χ0n) is 18.7. The first kappa shape index (κ1) is 23.4. The van der Waals surface area contributed by atoms with Gasteiger partial charge in [0.2, 0.25) is 5.91 Å². The van der Waals surface area contributed by atoms with Crippen molar-refractivity contribution in [1.29, 1.82) is 0 Å². The molecule has 0 aliphatic carbocycles. The smallest absolute Gasteiger partial charge is 0.418 e. The number of hydrogen-bond acceptors (Lipinski definition) is 4. The summed E-state index contributed by atoms with van der Waals surface area (Å²) in [6.07, 6.45) is -0.371. The van der Waals surface area contributed by atoms with Crippen molar-refractivity contribution in [3.63, 3.8) is 0 Å². The molecule has 0 spiro atoms. The number of hydrogen-bond donors (Lipinski definition) is 1. The number of halogens is 3. The fraction of sp³-hybridized carbons (Fsp3) is 0.480. The highest BCUT2D eigenvalue weighted by Crippen LogP contribution is 2.36. The predicted octanol–water partition coefficient (Wildman–Crippen LogP) is 4.96. The number of para-hydroxylation sites is 1. The molecule has 2 aromatic rings. The minimum absolute atomic E-state index is 0.0394. The fourth-order valence-corrected chi connectivity index (χ4v) is 4.49. The van der Waals surface area contributed by atoms with E-state index in [-0.39, 0.29) is 11.6 Å². The number of aryl methyl sites for hydroxylation is 1. The van der Waals surface area contributed by atoms with Crippen molar-refractivity contribution in [2.24, 2.45) is 0 Å².